The maximum absolute atomic E-state index is 5.63. The van der Waals surface area contributed by atoms with Crippen molar-refractivity contribution < 1.29 is 0 Å². The van der Waals surface area contributed by atoms with Crippen LogP contribution in [-0.2, 0) is 0 Å². The van der Waals surface area contributed by atoms with Gasteiger partial charge in [-0.3, -0.25) is 0 Å². The van der Waals surface area contributed by atoms with E-state index in [0.29, 0.717) is 0 Å². The Morgan fingerprint density at radius 1 is 1.67 bits per heavy atom. The molecule has 1 aromatic heterocycles. The number of rotatable bonds is 2. The zero-order valence-electron chi connectivity index (χ0n) is 7.76. The minimum atomic E-state index is 0.799. The lowest BCUT2D eigenvalue weighted by Gasteiger charge is -2.01. The first kappa shape index (κ1) is 8.98. The van der Waals surface area contributed by atoms with E-state index >= 15 is 0 Å². The molecule has 0 saturated carbocycles. The summed E-state index contributed by atoms with van der Waals surface area (Å²) in [6.07, 6.45) is 3.90. The third-order valence-corrected chi connectivity index (χ3v) is 1.80. The average Bonchev–Trinajstić information content (AvgIpc) is 2.30. The van der Waals surface area contributed by atoms with Crippen LogP contribution in [0.15, 0.2) is 18.0 Å². The molecule has 0 aliphatic heterocycles. The zero-order chi connectivity index (χ0) is 9.14. The van der Waals surface area contributed by atoms with E-state index in [-0.39, 0.29) is 0 Å². The van der Waals surface area contributed by atoms with Crippen molar-refractivity contribution in [2.24, 2.45) is 0 Å². The van der Waals surface area contributed by atoms with Crippen molar-refractivity contribution >= 4 is 19.5 Å². The van der Waals surface area contributed by atoms with Crippen molar-refractivity contribution in [1.29, 1.82) is 0 Å². The Bertz CT molecular complexity index is 299. The summed E-state index contributed by atoms with van der Waals surface area (Å²) >= 11 is 0. The molecule has 62 valence electrons. The Morgan fingerprint density at radius 2 is 2.33 bits per heavy atom. The van der Waals surface area contributed by atoms with Crippen molar-refractivity contribution in [1.82, 2.24) is 9.88 Å². The van der Waals surface area contributed by atoms with E-state index in [2.05, 4.69) is 5.32 Å². The molecular weight excluding hydrogens is 147 g/mol. The Labute approximate surface area is 74.7 Å². The first-order chi connectivity index (χ1) is 5.63. The van der Waals surface area contributed by atoms with E-state index in [1.54, 1.807) is 0 Å². The highest BCUT2D eigenvalue weighted by molar-refractivity contribution is 6.32. The fraction of sp³-hybridized carbons (Fsp3) is 0.333. The summed E-state index contributed by atoms with van der Waals surface area (Å²) in [5, 5.41) is 3.05. The molecular formula is C9H13BN2. The van der Waals surface area contributed by atoms with E-state index < -0.39 is 0 Å². The van der Waals surface area contributed by atoms with Crippen LogP contribution >= 0.6 is 0 Å². The number of nitrogens with one attached hydrogen (secondary N) is 1. The molecule has 0 aliphatic rings. The molecule has 2 radical (unpaired) electrons. The minimum Gasteiger partial charge on any atom is -0.390 e. The Morgan fingerprint density at radius 3 is 2.75 bits per heavy atom. The maximum Gasteiger partial charge on any atom is 0.115 e. The van der Waals surface area contributed by atoms with Gasteiger partial charge in [-0.25, -0.2) is 0 Å². The monoisotopic (exact) mass is 160 g/mol. The van der Waals surface area contributed by atoms with Crippen LogP contribution in [-0.4, -0.2) is 19.5 Å². The number of hydrogen-bond acceptors (Lipinski definition) is 1. The lowest BCUT2D eigenvalue weighted by atomic mass is 10.0. The molecule has 0 unspecified atom stereocenters. The fourth-order valence-corrected chi connectivity index (χ4v) is 1.03. The molecule has 0 saturated heterocycles. The van der Waals surface area contributed by atoms with Crippen molar-refractivity contribution in [2.45, 2.75) is 13.8 Å². The van der Waals surface area contributed by atoms with E-state index in [1.807, 2.05) is 43.9 Å². The van der Waals surface area contributed by atoms with Gasteiger partial charge in [-0.1, -0.05) is 5.46 Å². The van der Waals surface area contributed by atoms with Crippen LogP contribution in [0.4, 0.5) is 0 Å². The van der Waals surface area contributed by atoms with Gasteiger partial charge in [-0.05, 0) is 19.9 Å². The van der Waals surface area contributed by atoms with Gasteiger partial charge in [0.25, 0.3) is 0 Å². The van der Waals surface area contributed by atoms with Crippen molar-refractivity contribution in [3.05, 3.63) is 23.7 Å². The number of allylic oxidation sites excluding steroid dienone is 1. The van der Waals surface area contributed by atoms with E-state index in [4.69, 9.17) is 7.85 Å². The van der Waals surface area contributed by atoms with Gasteiger partial charge in [-0.15, -0.1) is 0 Å². The second kappa shape index (κ2) is 3.52. The molecule has 12 heavy (non-hydrogen) atoms. The van der Waals surface area contributed by atoms with E-state index in [9.17, 15) is 0 Å². The van der Waals surface area contributed by atoms with Gasteiger partial charge in [0.2, 0.25) is 0 Å². The largest absolute Gasteiger partial charge is 0.390 e. The average molecular weight is 160 g/mol. The van der Waals surface area contributed by atoms with Gasteiger partial charge in [0, 0.05) is 30.8 Å². The van der Waals surface area contributed by atoms with Crippen molar-refractivity contribution in [2.75, 3.05) is 7.05 Å². The topological polar surface area (TPSA) is 17.0 Å². The third-order valence-electron chi connectivity index (χ3n) is 1.80. The summed E-state index contributed by atoms with van der Waals surface area (Å²) < 4.78 is 2.00. The fourth-order valence-electron chi connectivity index (χ4n) is 1.03. The zero-order valence-corrected chi connectivity index (χ0v) is 7.76. The Kier molecular flexibility index (Phi) is 2.63. The van der Waals surface area contributed by atoms with Crippen LogP contribution in [0.2, 0.25) is 0 Å². The molecule has 1 rings (SSSR count). The highest BCUT2D eigenvalue weighted by Crippen LogP contribution is 1.99. The van der Waals surface area contributed by atoms with Crippen molar-refractivity contribution in [3.8, 4) is 0 Å². The molecule has 0 spiro atoms. The van der Waals surface area contributed by atoms with Gasteiger partial charge in [0.05, 0.1) is 0 Å². The lowest BCUT2D eigenvalue weighted by molar-refractivity contribution is 0.968. The first-order valence-electron chi connectivity index (χ1n) is 3.93. The van der Waals surface area contributed by atoms with Crippen LogP contribution in [0.1, 0.15) is 12.6 Å². The van der Waals surface area contributed by atoms with Gasteiger partial charge >= 0.3 is 0 Å². The summed E-state index contributed by atoms with van der Waals surface area (Å²) in [6.45, 7) is 4.03. The van der Waals surface area contributed by atoms with Gasteiger partial charge in [0.15, 0.2) is 0 Å². The molecule has 0 amide bonds. The SMILES string of the molecule is [B]c1cc(C)n(/C=C(/C)NC)c1. The van der Waals surface area contributed by atoms with Crippen LogP contribution in [0.5, 0.6) is 0 Å². The third kappa shape index (κ3) is 1.94. The molecule has 0 aromatic carbocycles. The molecule has 1 aromatic rings. The van der Waals surface area contributed by atoms with Gasteiger partial charge in [0.1, 0.15) is 7.85 Å². The quantitative estimate of drug-likeness (QED) is 0.627. The predicted molar refractivity (Wildman–Crippen MR) is 53.6 cm³/mol. The highest BCUT2D eigenvalue weighted by atomic mass is 15.0. The molecule has 1 heterocycles. The molecule has 0 fully saturated rings. The standard InChI is InChI=1S/C9H13BN2/c1-7(11-3)5-12-6-9(10)4-8(12)2/h4-6,11H,1-3H3/b7-5-. The summed E-state index contributed by atoms with van der Waals surface area (Å²) in [6, 6.07) is 1.94. The van der Waals surface area contributed by atoms with E-state index in [1.165, 1.54) is 0 Å². The van der Waals surface area contributed by atoms with Crippen LogP contribution in [0.3, 0.4) is 0 Å². The molecule has 1 N–H and O–H groups in total. The maximum atomic E-state index is 5.63. The summed E-state index contributed by atoms with van der Waals surface area (Å²) in [5.74, 6) is 0. The van der Waals surface area contributed by atoms with Crippen LogP contribution in [0.25, 0.3) is 6.20 Å². The molecule has 0 aliphatic carbocycles. The smallest absolute Gasteiger partial charge is 0.115 e. The number of nitrogens with zero attached hydrogens (tertiary/aromatic N) is 1. The Hall–Kier alpha value is -1.12. The molecule has 3 heteroatoms. The molecule has 0 atom stereocenters. The summed E-state index contributed by atoms with van der Waals surface area (Å²) in [7, 11) is 7.52. The number of aryl methyl sites for hydroxylation is 1. The van der Waals surface area contributed by atoms with Crippen LogP contribution < -0.4 is 10.8 Å². The number of aromatic nitrogens is 1. The number of hydrogen-bond donors (Lipinski definition) is 1. The predicted octanol–water partition coefficient (Wildman–Crippen LogP) is 0.628. The van der Waals surface area contributed by atoms with Gasteiger partial charge < -0.3 is 9.88 Å². The Balaban J connectivity index is 2.95. The first-order valence-corrected chi connectivity index (χ1v) is 3.93. The second-order valence-electron chi connectivity index (χ2n) is 2.88. The lowest BCUT2D eigenvalue weighted by Crippen LogP contribution is -2.03. The second-order valence-corrected chi connectivity index (χ2v) is 2.88. The molecule has 0 bridgehead atoms. The summed E-state index contributed by atoms with van der Waals surface area (Å²) in [4.78, 5) is 0. The van der Waals surface area contributed by atoms with Crippen molar-refractivity contribution in [3.63, 3.8) is 0 Å². The van der Waals surface area contributed by atoms with Gasteiger partial charge in [-0.2, -0.15) is 0 Å². The minimum absolute atomic E-state index is 0.799. The molecule has 2 nitrogen and oxygen atoms in total. The van der Waals surface area contributed by atoms with Crippen LogP contribution in [0, 0.1) is 6.92 Å². The summed E-state index contributed by atoms with van der Waals surface area (Å²) in [5.41, 5.74) is 3.04. The normalized spacial score (nSPS) is 11.8. The van der Waals surface area contributed by atoms with E-state index in [0.717, 1.165) is 16.9 Å². The highest BCUT2D eigenvalue weighted by Gasteiger charge is 1.94.